The molecule has 3 heterocycles. The fourth-order valence-electron chi connectivity index (χ4n) is 3.46. The topological polar surface area (TPSA) is 51.3 Å². The van der Waals surface area contributed by atoms with Crippen molar-refractivity contribution in [2.75, 3.05) is 0 Å². The molecule has 0 aliphatic carbocycles. The molecular weight excluding hydrogens is 368 g/mol. The molecule has 0 fully saturated rings. The third kappa shape index (κ3) is 3.08. The molecule has 0 unspecified atom stereocenters. The number of nitrogens with one attached hydrogen (secondary N) is 1. The van der Waals surface area contributed by atoms with Crippen LogP contribution < -0.4 is 5.32 Å². The Morgan fingerprint density at radius 3 is 2.75 bits per heavy atom. The van der Waals surface area contributed by atoms with E-state index in [9.17, 15) is 4.79 Å². The van der Waals surface area contributed by atoms with Gasteiger partial charge in [-0.25, -0.2) is 4.98 Å². The first-order valence-corrected chi connectivity index (χ1v) is 9.97. The molecule has 5 aromatic rings. The van der Waals surface area contributed by atoms with Gasteiger partial charge in [-0.1, -0.05) is 48.5 Å². The number of hydrogen-bond acceptors (Lipinski definition) is 3. The number of carbonyl (C=O) groups is 1. The van der Waals surface area contributed by atoms with Gasteiger partial charge in [0.15, 0.2) is 4.96 Å². The van der Waals surface area contributed by atoms with E-state index in [0.29, 0.717) is 18.8 Å². The predicted molar refractivity (Wildman–Crippen MR) is 112 cm³/mol. The Kier molecular flexibility index (Phi) is 4.18. The molecule has 138 valence electrons. The molecule has 0 atom stereocenters. The number of aromatic nitrogens is 3. The minimum absolute atomic E-state index is 0.0940. The molecule has 0 aliphatic heterocycles. The van der Waals surface area contributed by atoms with E-state index in [1.165, 1.54) is 0 Å². The maximum Gasteiger partial charge on any atom is 0.268 e. The van der Waals surface area contributed by atoms with Crippen molar-refractivity contribution in [3.05, 3.63) is 95.4 Å². The van der Waals surface area contributed by atoms with E-state index in [-0.39, 0.29) is 5.91 Å². The average molecular weight is 386 g/mol. The summed E-state index contributed by atoms with van der Waals surface area (Å²) in [6, 6.07) is 20.2. The van der Waals surface area contributed by atoms with Crippen LogP contribution >= 0.6 is 11.3 Å². The van der Waals surface area contributed by atoms with Crippen molar-refractivity contribution < 1.29 is 4.79 Å². The lowest BCUT2D eigenvalue weighted by Gasteiger charge is -2.11. The van der Waals surface area contributed by atoms with Gasteiger partial charge in [0, 0.05) is 35.2 Å². The number of para-hydroxylation sites is 1. The van der Waals surface area contributed by atoms with E-state index in [4.69, 9.17) is 0 Å². The first-order chi connectivity index (χ1) is 13.8. The summed E-state index contributed by atoms with van der Waals surface area (Å²) in [6.07, 6.45) is 3.92. The molecule has 5 nitrogen and oxygen atoms in total. The highest BCUT2D eigenvalue weighted by atomic mass is 32.1. The number of thiazole rings is 1. The van der Waals surface area contributed by atoms with E-state index in [2.05, 4.69) is 33.1 Å². The Morgan fingerprint density at radius 2 is 1.89 bits per heavy atom. The third-order valence-electron chi connectivity index (χ3n) is 4.80. The second kappa shape index (κ2) is 6.98. The third-order valence-corrected chi connectivity index (χ3v) is 5.57. The maximum absolute atomic E-state index is 13.0. The lowest BCUT2D eigenvalue weighted by molar-refractivity contribution is 0.0942. The van der Waals surface area contributed by atoms with Crippen LogP contribution in [0.4, 0.5) is 0 Å². The van der Waals surface area contributed by atoms with Crippen LogP contribution in [-0.4, -0.2) is 19.9 Å². The van der Waals surface area contributed by atoms with Gasteiger partial charge >= 0.3 is 0 Å². The standard InChI is InChI=1S/C22H18N4OS/c27-21(23-13-18-15-25-10-11-28-22(25)24-18)20-12-17-8-4-5-9-19(17)26(20)14-16-6-2-1-3-7-16/h1-12,15H,13-14H2,(H,23,27). The summed E-state index contributed by atoms with van der Waals surface area (Å²) in [6.45, 7) is 1.05. The molecule has 0 bridgehead atoms. The molecule has 0 aliphatic rings. The number of fused-ring (bicyclic) bond motifs is 2. The van der Waals surface area contributed by atoms with Crippen molar-refractivity contribution >= 4 is 33.1 Å². The second-order valence-corrected chi connectivity index (χ2v) is 7.54. The van der Waals surface area contributed by atoms with Gasteiger partial charge < -0.3 is 9.88 Å². The van der Waals surface area contributed by atoms with Gasteiger partial charge in [0.25, 0.3) is 5.91 Å². The number of hydrogen-bond donors (Lipinski definition) is 1. The number of rotatable bonds is 5. The molecule has 3 aromatic heterocycles. The molecule has 28 heavy (non-hydrogen) atoms. The Balaban J connectivity index is 1.44. The first-order valence-electron chi connectivity index (χ1n) is 9.09. The van der Waals surface area contributed by atoms with Gasteiger partial charge in [-0.2, -0.15) is 0 Å². The van der Waals surface area contributed by atoms with E-state index in [1.807, 2.05) is 64.6 Å². The Bertz CT molecular complexity index is 1240. The van der Waals surface area contributed by atoms with E-state index >= 15 is 0 Å². The molecule has 1 N–H and O–H groups in total. The maximum atomic E-state index is 13.0. The molecule has 0 radical (unpaired) electrons. The van der Waals surface area contributed by atoms with E-state index in [1.54, 1.807) is 11.3 Å². The van der Waals surface area contributed by atoms with Crippen molar-refractivity contribution in [1.82, 2.24) is 19.3 Å². The summed E-state index contributed by atoms with van der Waals surface area (Å²) in [5.41, 5.74) is 3.73. The summed E-state index contributed by atoms with van der Waals surface area (Å²) in [4.78, 5) is 18.5. The molecule has 5 rings (SSSR count). The summed E-state index contributed by atoms with van der Waals surface area (Å²) >= 11 is 1.58. The van der Waals surface area contributed by atoms with Gasteiger partial charge in [0.2, 0.25) is 0 Å². The number of carbonyl (C=O) groups excluding carboxylic acids is 1. The highest BCUT2D eigenvalue weighted by molar-refractivity contribution is 7.15. The SMILES string of the molecule is O=C(NCc1cn2ccsc2n1)c1cc2ccccc2n1Cc1ccccc1. The molecular formula is C22H18N4OS. The molecule has 2 aromatic carbocycles. The van der Waals surface area contributed by atoms with Crippen molar-refractivity contribution in [3.63, 3.8) is 0 Å². The largest absolute Gasteiger partial charge is 0.345 e. The fraction of sp³-hybridized carbons (Fsp3) is 0.0909. The Hall–Kier alpha value is -3.38. The zero-order valence-corrected chi connectivity index (χ0v) is 15.9. The van der Waals surface area contributed by atoms with Crippen LogP contribution in [0.1, 0.15) is 21.7 Å². The van der Waals surface area contributed by atoms with Crippen LogP contribution in [0.5, 0.6) is 0 Å². The molecule has 0 saturated carbocycles. The van der Waals surface area contributed by atoms with E-state index < -0.39 is 0 Å². The Morgan fingerprint density at radius 1 is 1.07 bits per heavy atom. The normalized spacial score (nSPS) is 11.3. The fourth-order valence-corrected chi connectivity index (χ4v) is 4.18. The highest BCUT2D eigenvalue weighted by Crippen LogP contribution is 2.21. The molecule has 0 saturated heterocycles. The molecule has 0 spiro atoms. The van der Waals surface area contributed by atoms with Crippen LogP contribution in [0.3, 0.4) is 0 Å². The number of imidazole rings is 1. The van der Waals surface area contributed by atoms with Gasteiger partial charge in [0.1, 0.15) is 5.69 Å². The summed E-state index contributed by atoms with van der Waals surface area (Å²) in [7, 11) is 0. The van der Waals surface area contributed by atoms with Gasteiger partial charge in [-0.05, 0) is 17.7 Å². The number of benzene rings is 2. The zero-order chi connectivity index (χ0) is 18.9. The van der Waals surface area contributed by atoms with Crippen LogP contribution in [0.2, 0.25) is 0 Å². The highest BCUT2D eigenvalue weighted by Gasteiger charge is 2.16. The Labute approximate surface area is 165 Å². The van der Waals surface area contributed by atoms with Crippen LogP contribution in [-0.2, 0) is 13.1 Å². The predicted octanol–water partition coefficient (Wildman–Crippen LogP) is 4.33. The second-order valence-electron chi connectivity index (χ2n) is 6.67. The van der Waals surface area contributed by atoms with Crippen LogP contribution in [0.15, 0.2) is 78.4 Å². The summed E-state index contributed by atoms with van der Waals surface area (Å²) < 4.78 is 4.05. The minimum atomic E-state index is -0.0940. The minimum Gasteiger partial charge on any atom is -0.345 e. The monoisotopic (exact) mass is 386 g/mol. The molecule has 6 heteroatoms. The van der Waals surface area contributed by atoms with Crippen LogP contribution in [0.25, 0.3) is 15.9 Å². The first kappa shape index (κ1) is 16.8. The zero-order valence-electron chi connectivity index (χ0n) is 15.1. The number of nitrogens with zero attached hydrogens (tertiary/aromatic N) is 3. The van der Waals surface area contributed by atoms with Crippen molar-refractivity contribution in [2.24, 2.45) is 0 Å². The summed E-state index contributed by atoms with van der Waals surface area (Å²) in [5.74, 6) is -0.0940. The van der Waals surface area contributed by atoms with Gasteiger partial charge in [-0.3, -0.25) is 9.20 Å². The molecule has 1 amide bonds. The quantitative estimate of drug-likeness (QED) is 0.489. The van der Waals surface area contributed by atoms with Gasteiger partial charge in [0.05, 0.1) is 12.2 Å². The smallest absolute Gasteiger partial charge is 0.268 e. The lowest BCUT2D eigenvalue weighted by Crippen LogP contribution is -2.25. The summed E-state index contributed by atoms with van der Waals surface area (Å²) in [5, 5.41) is 6.08. The van der Waals surface area contributed by atoms with Crippen LogP contribution in [0, 0.1) is 0 Å². The lowest BCUT2D eigenvalue weighted by atomic mass is 10.2. The van der Waals surface area contributed by atoms with Gasteiger partial charge in [-0.15, -0.1) is 11.3 Å². The average Bonchev–Trinajstić information content (AvgIpc) is 3.41. The number of amides is 1. The van der Waals surface area contributed by atoms with Crippen molar-refractivity contribution in [2.45, 2.75) is 13.1 Å². The van der Waals surface area contributed by atoms with Crippen molar-refractivity contribution in [1.29, 1.82) is 0 Å². The van der Waals surface area contributed by atoms with Crippen molar-refractivity contribution in [3.8, 4) is 0 Å². The van der Waals surface area contributed by atoms with E-state index in [0.717, 1.165) is 27.1 Å².